The summed E-state index contributed by atoms with van der Waals surface area (Å²) in [6.07, 6.45) is 1.16. The van der Waals surface area contributed by atoms with Crippen molar-refractivity contribution in [2.45, 2.75) is 31.2 Å². The van der Waals surface area contributed by atoms with Crippen LogP contribution < -0.4 is 10.6 Å². The van der Waals surface area contributed by atoms with Crippen LogP contribution in [0.3, 0.4) is 0 Å². The van der Waals surface area contributed by atoms with E-state index in [1.165, 1.54) is 4.31 Å². The number of amides is 2. The predicted octanol–water partition coefficient (Wildman–Crippen LogP) is 3.96. The van der Waals surface area contributed by atoms with Gasteiger partial charge in [-0.1, -0.05) is 60.2 Å². The zero-order valence-corrected chi connectivity index (χ0v) is 20.4. The molecular weight excluding hydrogens is 462 g/mol. The number of hydrogen-bond donors (Lipinski definition) is 2. The summed E-state index contributed by atoms with van der Waals surface area (Å²) in [7, 11) is -3.67. The minimum absolute atomic E-state index is 0.102. The summed E-state index contributed by atoms with van der Waals surface area (Å²) in [6, 6.07) is 23.0. The van der Waals surface area contributed by atoms with Crippen molar-refractivity contribution in [2.24, 2.45) is 5.92 Å². The van der Waals surface area contributed by atoms with Crippen LogP contribution in [0, 0.1) is 12.8 Å². The normalized spacial score (nSPS) is 16.4. The number of rotatable bonds is 7. The van der Waals surface area contributed by atoms with E-state index in [1.54, 1.807) is 54.6 Å². The molecule has 1 fully saturated rings. The number of para-hydroxylation sites is 1. The smallest absolute Gasteiger partial charge is 0.253 e. The minimum atomic E-state index is -3.67. The Kier molecular flexibility index (Phi) is 7.63. The average molecular weight is 492 g/mol. The van der Waals surface area contributed by atoms with Crippen LogP contribution in [0.25, 0.3) is 0 Å². The van der Waals surface area contributed by atoms with Crippen molar-refractivity contribution in [1.29, 1.82) is 0 Å². The van der Waals surface area contributed by atoms with Gasteiger partial charge in [-0.3, -0.25) is 9.59 Å². The Hall–Kier alpha value is -3.49. The standard InChI is InChI=1S/C27H29N3O4S/c1-20-13-15-21(16-14-20)18-28-27(32)24-11-5-6-12-25(24)29-26(31)22-8-7-17-30(19-22)35(33,34)23-9-3-2-4-10-23/h2-6,9-16,22H,7-8,17-19H2,1H3,(H,28,32)(H,29,31). The molecule has 2 amide bonds. The van der Waals surface area contributed by atoms with E-state index in [0.29, 0.717) is 37.2 Å². The van der Waals surface area contributed by atoms with Crippen molar-refractivity contribution < 1.29 is 18.0 Å². The SMILES string of the molecule is Cc1ccc(CNC(=O)c2ccccc2NC(=O)C2CCCN(S(=O)(=O)c3ccccc3)C2)cc1. The number of piperidine rings is 1. The first-order valence-electron chi connectivity index (χ1n) is 11.6. The van der Waals surface area contributed by atoms with E-state index in [4.69, 9.17) is 0 Å². The highest BCUT2D eigenvalue weighted by molar-refractivity contribution is 7.89. The summed E-state index contributed by atoms with van der Waals surface area (Å²) in [4.78, 5) is 26.2. The van der Waals surface area contributed by atoms with Crippen LogP contribution in [-0.2, 0) is 21.4 Å². The van der Waals surface area contributed by atoms with E-state index in [2.05, 4.69) is 10.6 Å². The summed E-state index contributed by atoms with van der Waals surface area (Å²) >= 11 is 0. The van der Waals surface area contributed by atoms with Crippen molar-refractivity contribution >= 4 is 27.5 Å². The van der Waals surface area contributed by atoms with Gasteiger partial charge in [0.1, 0.15) is 0 Å². The van der Waals surface area contributed by atoms with Crippen LogP contribution in [0.5, 0.6) is 0 Å². The quantitative estimate of drug-likeness (QED) is 0.523. The molecule has 0 aliphatic carbocycles. The maximum Gasteiger partial charge on any atom is 0.253 e. The van der Waals surface area contributed by atoms with Gasteiger partial charge in [-0.25, -0.2) is 8.42 Å². The maximum atomic E-state index is 13.1. The molecule has 7 nitrogen and oxygen atoms in total. The molecule has 0 bridgehead atoms. The van der Waals surface area contributed by atoms with E-state index in [-0.39, 0.29) is 23.3 Å². The van der Waals surface area contributed by atoms with E-state index < -0.39 is 15.9 Å². The Balaban J connectivity index is 1.42. The van der Waals surface area contributed by atoms with Crippen molar-refractivity contribution in [3.63, 3.8) is 0 Å². The molecule has 0 saturated carbocycles. The molecule has 1 unspecified atom stereocenters. The lowest BCUT2D eigenvalue weighted by atomic mass is 9.98. The lowest BCUT2D eigenvalue weighted by Gasteiger charge is -2.31. The molecule has 3 aromatic rings. The zero-order chi connectivity index (χ0) is 24.8. The van der Waals surface area contributed by atoms with Gasteiger partial charge in [0.15, 0.2) is 0 Å². The monoisotopic (exact) mass is 491 g/mol. The molecule has 4 rings (SSSR count). The molecule has 1 aliphatic rings. The summed E-state index contributed by atoms with van der Waals surface area (Å²) in [5.74, 6) is -1.10. The highest BCUT2D eigenvalue weighted by Crippen LogP contribution is 2.25. The number of carbonyl (C=O) groups excluding carboxylic acids is 2. The summed E-state index contributed by atoms with van der Waals surface area (Å²) in [5.41, 5.74) is 2.89. The van der Waals surface area contributed by atoms with Crippen LogP contribution in [0.15, 0.2) is 83.8 Å². The number of hydrogen-bond acceptors (Lipinski definition) is 4. The number of carbonyl (C=O) groups is 2. The molecular formula is C27H29N3O4S. The van der Waals surface area contributed by atoms with Crippen molar-refractivity contribution in [1.82, 2.24) is 9.62 Å². The predicted molar refractivity (Wildman–Crippen MR) is 135 cm³/mol. The second kappa shape index (κ2) is 10.8. The molecule has 1 atom stereocenters. The molecule has 0 radical (unpaired) electrons. The van der Waals surface area contributed by atoms with Gasteiger partial charge in [-0.05, 0) is 49.6 Å². The molecule has 1 saturated heterocycles. The van der Waals surface area contributed by atoms with Gasteiger partial charge in [-0.15, -0.1) is 0 Å². The van der Waals surface area contributed by atoms with Gasteiger partial charge in [0.2, 0.25) is 15.9 Å². The number of sulfonamides is 1. The average Bonchev–Trinajstić information content (AvgIpc) is 2.89. The highest BCUT2D eigenvalue weighted by atomic mass is 32.2. The molecule has 35 heavy (non-hydrogen) atoms. The van der Waals surface area contributed by atoms with E-state index in [0.717, 1.165) is 11.1 Å². The molecule has 1 heterocycles. The van der Waals surface area contributed by atoms with E-state index >= 15 is 0 Å². The number of nitrogens with zero attached hydrogens (tertiary/aromatic N) is 1. The van der Waals surface area contributed by atoms with Crippen LogP contribution in [0.2, 0.25) is 0 Å². The lowest BCUT2D eigenvalue weighted by molar-refractivity contribution is -0.120. The van der Waals surface area contributed by atoms with Crippen LogP contribution in [0.4, 0.5) is 5.69 Å². The van der Waals surface area contributed by atoms with Gasteiger partial charge in [0, 0.05) is 19.6 Å². The topological polar surface area (TPSA) is 95.6 Å². The Bertz CT molecular complexity index is 1290. The second-order valence-corrected chi connectivity index (χ2v) is 10.7. The highest BCUT2D eigenvalue weighted by Gasteiger charge is 2.33. The van der Waals surface area contributed by atoms with E-state index in [1.807, 2.05) is 31.2 Å². The number of benzene rings is 3. The molecule has 0 spiro atoms. The van der Waals surface area contributed by atoms with Gasteiger partial charge in [-0.2, -0.15) is 4.31 Å². The van der Waals surface area contributed by atoms with Crippen molar-refractivity contribution in [2.75, 3.05) is 18.4 Å². The largest absolute Gasteiger partial charge is 0.348 e. The van der Waals surface area contributed by atoms with Crippen LogP contribution in [-0.4, -0.2) is 37.6 Å². The number of anilines is 1. The van der Waals surface area contributed by atoms with Gasteiger partial charge >= 0.3 is 0 Å². The minimum Gasteiger partial charge on any atom is -0.348 e. The Morgan fingerprint density at radius 2 is 1.63 bits per heavy atom. The molecule has 3 aromatic carbocycles. The van der Waals surface area contributed by atoms with E-state index in [9.17, 15) is 18.0 Å². The first kappa shape index (κ1) is 24.6. The summed E-state index contributed by atoms with van der Waals surface area (Å²) in [5, 5.41) is 5.75. The summed E-state index contributed by atoms with van der Waals surface area (Å²) < 4.78 is 27.4. The zero-order valence-electron chi connectivity index (χ0n) is 19.6. The molecule has 182 valence electrons. The van der Waals surface area contributed by atoms with Crippen LogP contribution >= 0.6 is 0 Å². The summed E-state index contributed by atoms with van der Waals surface area (Å²) in [6.45, 7) is 2.85. The fraction of sp³-hybridized carbons (Fsp3) is 0.259. The molecule has 8 heteroatoms. The molecule has 1 aliphatic heterocycles. The maximum absolute atomic E-state index is 13.1. The van der Waals surface area contributed by atoms with Gasteiger partial charge in [0.05, 0.1) is 22.1 Å². The fourth-order valence-electron chi connectivity index (χ4n) is 4.12. The third-order valence-electron chi connectivity index (χ3n) is 6.14. The fourth-order valence-corrected chi connectivity index (χ4v) is 5.67. The lowest BCUT2D eigenvalue weighted by Crippen LogP contribution is -2.43. The van der Waals surface area contributed by atoms with Crippen molar-refractivity contribution in [3.05, 3.63) is 95.6 Å². The third-order valence-corrected chi connectivity index (χ3v) is 8.02. The Morgan fingerprint density at radius 1 is 0.943 bits per heavy atom. The van der Waals surface area contributed by atoms with Gasteiger partial charge < -0.3 is 10.6 Å². The number of nitrogens with one attached hydrogen (secondary N) is 2. The van der Waals surface area contributed by atoms with Crippen LogP contribution in [0.1, 0.15) is 34.3 Å². The third kappa shape index (κ3) is 5.96. The Morgan fingerprint density at radius 3 is 2.37 bits per heavy atom. The molecule has 0 aromatic heterocycles. The molecule has 2 N–H and O–H groups in total. The first-order valence-corrected chi connectivity index (χ1v) is 13.1. The van der Waals surface area contributed by atoms with Crippen molar-refractivity contribution in [3.8, 4) is 0 Å². The van der Waals surface area contributed by atoms with Gasteiger partial charge in [0.25, 0.3) is 5.91 Å². The second-order valence-electron chi connectivity index (χ2n) is 8.72. The first-order chi connectivity index (χ1) is 16.8. The Labute approximate surface area is 206 Å². The number of aryl methyl sites for hydroxylation is 1.